The van der Waals surface area contributed by atoms with E-state index in [0.29, 0.717) is 11.0 Å². The summed E-state index contributed by atoms with van der Waals surface area (Å²) in [4.78, 5) is 43.7. The van der Waals surface area contributed by atoms with E-state index >= 15 is 0 Å². The van der Waals surface area contributed by atoms with E-state index in [9.17, 15) is 24.1 Å². The second kappa shape index (κ2) is 9.12. The molecule has 0 aliphatic rings. The third-order valence-electron chi connectivity index (χ3n) is 3.31. The Bertz CT molecular complexity index is 1000. The van der Waals surface area contributed by atoms with Crippen molar-refractivity contribution in [1.29, 1.82) is 0 Å². The second-order valence-corrected chi connectivity index (χ2v) is 8.46. The maximum atomic E-state index is 14.2. The van der Waals surface area contributed by atoms with Gasteiger partial charge in [-0.05, 0) is 47.6 Å². The molecule has 0 aliphatic carbocycles. The van der Waals surface area contributed by atoms with Crippen LogP contribution >= 0.6 is 0 Å². The molecular formula is C20H23FN4O7. The third-order valence-corrected chi connectivity index (χ3v) is 3.31. The minimum Gasteiger partial charge on any atom is -0.443 e. The Labute approximate surface area is 183 Å². The summed E-state index contributed by atoms with van der Waals surface area (Å²) in [5, 5.41) is 10.8. The molecule has 0 unspecified atom stereocenters. The molecule has 172 valence electrons. The molecule has 0 aliphatic heterocycles. The summed E-state index contributed by atoms with van der Waals surface area (Å²) in [5.74, 6) is -2.04. The van der Waals surface area contributed by atoms with Crippen LogP contribution in [0.25, 0.3) is 0 Å². The lowest BCUT2D eigenvalue weighted by molar-refractivity contribution is -0.385. The molecule has 2 aromatic rings. The zero-order chi connectivity index (χ0) is 24.3. The standard InChI is InChI=1S/C20H23FN4O7/c1-19(2,3)31-17(26)24(18(27)32-20(4,5)6)16-22-10-9-15(23-16)30-14-8-7-12(25(28)29)11-13(14)21/h7-11H,1-6H3. The van der Waals surface area contributed by atoms with Gasteiger partial charge in [-0.3, -0.25) is 10.1 Å². The highest BCUT2D eigenvalue weighted by Gasteiger charge is 2.34. The van der Waals surface area contributed by atoms with Gasteiger partial charge in [0.1, 0.15) is 11.2 Å². The van der Waals surface area contributed by atoms with Crippen molar-refractivity contribution in [2.75, 3.05) is 4.90 Å². The summed E-state index contributed by atoms with van der Waals surface area (Å²) in [5.41, 5.74) is -2.33. The number of ether oxygens (including phenoxy) is 3. The van der Waals surface area contributed by atoms with E-state index in [1.165, 1.54) is 12.3 Å². The Morgan fingerprint density at radius 1 is 1.03 bits per heavy atom. The Morgan fingerprint density at radius 2 is 1.59 bits per heavy atom. The van der Waals surface area contributed by atoms with Crippen molar-refractivity contribution in [2.45, 2.75) is 52.7 Å². The number of aromatic nitrogens is 2. The van der Waals surface area contributed by atoms with Crippen molar-refractivity contribution in [3.05, 3.63) is 46.4 Å². The highest BCUT2D eigenvalue weighted by atomic mass is 19.1. The molecule has 1 heterocycles. The van der Waals surface area contributed by atoms with Crippen LogP contribution in [0, 0.1) is 15.9 Å². The smallest absolute Gasteiger partial charge is 0.427 e. The third kappa shape index (κ3) is 6.86. The molecule has 0 saturated carbocycles. The molecule has 12 heteroatoms. The van der Waals surface area contributed by atoms with Crippen LogP contribution in [0.5, 0.6) is 11.6 Å². The summed E-state index contributed by atoms with van der Waals surface area (Å²) in [6, 6.07) is 4.03. The molecule has 0 spiro atoms. The predicted molar refractivity (Wildman–Crippen MR) is 110 cm³/mol. The molecular weight excluding hydrogens is 427 g/mol. The van der Waals surface area contributed by atoms with E-state index in [1.54, 1.807) is 41.5 Å². The Morgan fingerprint density at radius 3 is 2.06 bits per heavy atom. The van der Waals surface area contributed by atoms with Gasteiger partial charge in [-0.1, -0.05) is 0 Å². The summed E-state index contributed by atoms with van der Waals surface area (Å²) in [6.07, 6.45) is -1.02. The van der Waals surface area contributed by atoms with Crippen molar-refractivity contribution in [3.63, 3.8) is 0 Å². The average molecular weight is 450 g/mol. The fourth-order valence-corrected chi connectivity index (χ4v) is 2.15. The van der Waals surface area contributed by atoms with Gasteiger partial charge >= 0.3 is 12.2 Å². The van der Waals surface area contributed by atoms with Crippen molar-refractivity contribution in [1.82, 2.24) is 9.97 Å². The van der Waals surface area contributed by atoms with Gasteiger partial charge in [0.2, 0.25) is 11.8 Å². The quantitative estimate of drug-likeness (QED) is 0.466. The first-order valence-corrected chi connectivity index (χ1v) is 9.37. The van der Waals surface area contributed by atoms with Gasteiger partial charge < -0.3 is 14.2 Å². The summed E-state index contributed by atoms with van der Waals surface area (Å²) in [6.45, 7) is 9.64. The molecule has 2 rings (SSSR count). The summed E-state index contributed by atoms with van der Waals surface area (Å²) >= 11 is 0. The molecule has 0 fully saturated rings. The number of anilines is 1. The fraction of sp³-hybridized carbons (Fsp3) is 0.400. The first kappa shape index (κ1) is 24.4. The lowest BCUT2D eigenvalue weighted by Crippen LogP contribution is -2.44. The molecule has 0 atom stereocenters. The van der Waals surface area contributed by atoms with E-state index in [1.807, 2.05) is 0 Å². The molecule has 32 heavy (non-hydrogen) atoms. The van der Waals surface area contributed by atoms with Crippen LogP contribution in [0.1, 0.15) is 41.5 Å². The number of rotatable bonds is 4. The second-order valence-electron chi connectivity index (χ2n) is 8.46. The largest absolute Gasteiger partial charge is 0.443 e. The van der Waals surface area contributed by atoms with Gasteiger partial charge in [0, 0.05) is 18.3 Å². The van der Waals surface area contributed by atoms with Gasteiger partial charge in [0.05, 0.1) is 11.0 Å². The molecule has 0 N–H and O–H groups in total. The number of carbonyl (C=O) groups excluding carboxylic acids is 2. The normalized spacial score (nSPS) is 11.5. The van der Waals surface area contributed by atoms with Gasteiger partial charge in [-0.2, -0.15) is 4.98 Å². The highest BCUT2D eigenvalue weighted by Crippen LogP contribution is 2.28. The van der Waals surface area contributed by atoms with Crippen LogP contribution < -0.4 is 9.64 Å². The lowest BCUT2D eigenvalue weighted by atomic mass is 10.2. The number of halogens is 1. The average Bonchev–Trinajstić information content (AvgIpc) is 2.60. The predicted octanol–water partition coefficient (Wildman–Crippen LogP) is 4.99. The topological polar surface area (TPSA) is 134 Å². The van der Waals surface area contributed by atoms with Crippen LogP contribution in [0.4, 0.5) is 25.6 Å². The first-order chi connectivity index (χ1) is 14.7. The monoisotopic (exact) mass is 450 g/mol. The van der Waals surface area contributed by atoms with Gasteiger partial charge in [-0.25, -0.2) is 19.0 Å². The maximum Gasteiger partial charge on any atom is 0.427 e. The number of hydrogen-bond acceptors (Lipinski definition) is 9. The number of nitro groups is 1. The molecule has 1 aromatic heterocycles. The minimum atomic E-state index is -1.09. The zero-order valence-corrected chi connectivity index (χ0v) is 18.4. The molecule has 11 nitrogen and oxygen atoms in total. The number of nitrogens with zero attached hydrogens (tertiary/aromatic N) is 4. The molecule has 1 aromatic carbocycles. The molecule has 0 radical (unpaired) electrons. The van der Waals surface area contributed by atoms with Crippen LogP contribution in [-0.4, -0.2) is 38.3 Å². The van der Waals surface area contributed by atoms with Crippen LogP contribution in [0.3, 0.4) is 0 Å². The SMILES string of the molecule is CC(C)(C)OC(=O)N(C(=O)OC(C)(C)C)c1nccc(Oc2ccc([N+](=O)[O-])cc2F)n1. The Balaban J connectivity index is 2.39. The number of carbonyl (C=O) groups is 2. The summed E-state index contributed by atoms with van der Waals surface area (Å²) in [7, 11) is 0. The van der Waals surface area contributed by atoms with Crippen LogP contribution in [-0.2, 0) is 9.47 Å². The molecule has 0 saturated heterocycles. The van der Waals surface area contributed by atoms with E-state index < -0.39 is 45.8 Å². The van der Waals surface area contributed by atoms with Crippen LogP contribution in [0.15, 0.2) is 30.5 Å². The van der Waals surface area contributed by atoms with Crippen molar-refractivity contribution in [2.24, 2.45) is 0 Å². The molecule has 0 bridgehead atoms. The van der Waals surface area contributed by atoms with E-state index in [2.05, 4.69) is 9.97 Å². The number of imide groups is 1. The number of amides is 2. The maximum absolute atomic E-state index is 14.2. The fourth-order valence-electron chi connectivity index (χ4n) is 2.15. The van der Waals surface area contributed by atoms with E-state index in [-0.39, 0.29) is 11.6 Å². The number of non-ortho nitro benzene ring substituents is 1. The van der Waals surface area contributed by atoms with Gasteiger partial charge in [0.15, 0.2) is 11.6 Å². The Hall–Kier alpha value is -3.83. The zero-order valence-electron chi connectivity index (χ0n) is 18.4. The first-order valence-electron chi connectivity index (χ1n) is 9.37. The minimum absolute atomic E-state index is 0.236. The van der Waals surface area contributed by atoms with E-state index in [0.717, 1.165) is 12.1 Å². The van der Waals surface area contributed by atoms with Crippen molar-refractivity contribution in [3.8, 4) is 11.6 Å². The lowest BCUT2D eigenvalue weighted by Gasteiger charge is -2.27. The Kier molecular flexibility index (Phi) is 6.97. The number of hydrogen-bond donors (Lipinski definition) is 0. The highest BCUT2D eigenvalue weighted by molar-refractivity contribution is 6.08. The summed E-state index contributed by atoms with van der Waals surface area (Å²) < 4.78 is 30.0. The van der Waals surface area contributed by atoms with Crippen molar-refractivity contribution >= 4 is 23.8 Å². The molecule has 2 amide bonds. The number of benzene rings is 1. The van der Waals surface area contributed by atoms with Gasteiger partial charge in [-0.15, -0.1) is 4.90 Å². The van der Waals surface area contributed by atoms with Crippen LogP contribution in [0.2, 0.25) is 0 Å². The number of nitro benzene ring substituents is 1. The van der Waals surface area contributed by atoms with E-state index in [4.69, 9.17) is 14.2 Å². The van der Waals surface area contributed by atoms with Gasteiger partial charge in [0.25, 0.3) is 5.69 Å². The van der Waals surface area contributed by atoms with Crippen molar-refractivity contribution < 1.29 is 33.1 Å².